The van der Waals surface area contributed by atoms with E-state index in [-0.39, 0.29) is 0 Å². The summed E-state index contributed by atoms with van der Waals surface area (Å²) in [4.78, 5) is 7.30. The Morgan fingerprint density at radius 3 is 2.53 bits per heavy atom. The third kappa shape index (κ3) is 5.74. The largest absolute Gasteiger partial charge is 0.371 e. The molecule has 0 fully saturated rings. The molecule has 1 aromatic heterocycles. The van der Waals surface area contributed by atoms with E-state index in [1.54, 1.807) is 13.8 Å². The first-order chi connectivity index (χ1) is 14.1. The fraction of sp³-hybridized carbons (Fsp3) is 0.577. The highest BCUT2D eigenvalue weighted by Gasteiger charge is 2.23. The summed E-state index contributed by atoms with van der Waals surface area (Å²) in [6, 6.07) is 7.75. The molecule has 3 nitrogen and oxygen atoms in total. The smallest absolute Gasteiger partial charge is 0.140 e. The maximum atomic E-state index is 14.6. The first kappa shape index (κ1) is 24.2. The van der Waals surface area contributed by atoms with E-state index in [4.69, 9.17) is 4.98 Å². The molecule has 1 heterocycles. The van der Waals surface area contributed by atoms with E-state index in [0.29, 0.717) is 11.5 Å². The Balaban J connectivity index is 2.57. The van der Waals surface area contributed by atoms with E-state index < -0.39 is 5.67 Å². The zero-order valence-corrected chi connectivity index (χ0v) is 20.1. The predicted molar refractivity (Wildman–Crippen MR) is 127 cm³/mol. The van der Waals surface area contributed by atoms with Crippen LogP contribution in [0.3, 0.4) is 0 Å². The normalized spacial score (nSPS) is 11.9. The van der Waals surface area contributed by atoms with E-state index in [2.05, 4.69) is 50.7 Å². The molecule has 30 heavy (non-hydrogen) atoms. The number of nitrogens with zero attached hydrogens (tertiary/aromatic N) is 3. The number of rotatable bonds is 11. The SMILES string of the molecule is C=C(c1c(C)nc(-c2cccc(C(C)(C)F)c2)n1CCC(C)C)N(CC)CCCC. The van der Waals surface area contributed by atoms with Crippen molar-refractivity contribution < 1.29 is 4.39 Å². The van der Waals surface area contributed by atoms with Crippen molar-refractivity contribution in [3.05, 3.63) is 47.8 Å². The summed E-state index contributed by atoms with van der Waals surface area (Å²) in [5.74, 6) is 1.49. The highest BCUT2D eigenvalue weighted by Crippen LogP contribution is 2.32. The van der Waals surface area contributed by atoms with Gasteiger partial charge in [-0.25, -0.2) is 9.37 Å². The molecule has 0 amide bonds. The zero-order valence-electron chi connectivity index (χ0n) is 20.1. The molecule has 0 N–H and O–H groups in total. The fourth-order valence-electron chi connectivity index (χ4n) is 3.77. The summed E-state index contributed by atoms with van der Waals surface area (Å²) in [6.07, 6.45) is 3.36. The molecule has 0 saturated heterocycles. The quantitative estimate of drug-likeness (QED) is 0.388. The minimum absolute atomic E-state index is 0.583. The Morgan fingerprint density at radius 1 is 1.27 bits per heavy atom. The van der Waals surface area contributed by atoms with Crippen molar-refractivity contribution in [1.82, 2.24) is 14.5 Å². The summed E-state index contributed by atoms with van der Waals surface area (Å²) in [6.45, 7) is 21.4. The highest BCUT2D eigenvalue weighted by molar-refractivity contribution is 5.67. The molecule has 0 unspecified atom stereocenters. The Morgan fingerprint density at radius 2 is 1.97 bits per heavy atom. The van der Waals surface area contributed by atoms with Gasteiger partial charge in [0.2, 0.25) is 0 Å². The molecule has 0 saturated carbocycles. The van der Waals surface area contributed by atoms with Gasteiger partial charge in [0.25, 0.3) is 0 Å². The van der Waals surface area contributed by atoms with Crippen molar-refractivity contribution in [2.45, 2.75) is 79.9 Å². The van der Waals surface area contributed by atoms with Crippen LogP contribution in [0.5, 0.6) is 0 Å². The molecule has 0 radical (unpaired) electrons. The van der Waals surface area contributed by atoms with E-state index >= 15 is 0 Å². The lowest BCUT2D eigenvalue weighted by atomic mass is 9.98. The van der Waals surface area contributed by atoms with Crippen molar-refractivity contribution in [1.29, 1.82) is 0 Å². The summed E-state index contributed by atoms with van der Waals surface area (Å²) < 4.78 is 16.9. The Labute approximate surface area is 183 Å². The minimum Gasteiger partial charge on any atom is -0.371 e. The van der Waals surface area contributed by atoms with Gasteiger partial charge in [-0.1, -0.05) is 52.0 Å². The van der Waals surface area contributed by atoms with Crippen LogP contribution in [0.15, 0.2) is 30.8 Å². The number of hydrogen-bond donors (Lipinski definition) is 0. The monoisotopic (exact) mass is 413 g/mol. The number of hydrogen-bond acceptors (Lipinski definition) is 2. The number of imidazole rings is 1. The zero-order chi connectivity index (χ0) is 22.5. The second-order valence-corrected chi connectivity index (χ2v) is 9.14. The van der Waals surface area contributed by atoms with Gasteiger partial charge < -0.3 is 9.47 Å². The molecule has 2 rings (SSSR count). The molecule has 4 heteroatoms. The van der Waals surface area contributed by atoms with Gasteiger partial charge in [-0.15, -0.1) is 0 Å². The van der Waals surface area contributed by atoms with Gasteiger partial charge in [0.1, 0.15) is 11.5 Å². The van der Waals surface area contributed by atoms with Crippen LogP contribution in [0.1, 0.15) is 77.8 Å². The summed E-state index contributed by atoms with van der Waals surface area (Å²) in [5.41, 5.74) is 3.38. The van der Waals surface area contributed by atoms with Crippen molar-refractivity contribution in [3.8, 4) is 11.4 Å². The van der Waals surface area contributed by atoms with Crippen LogP contribution in [-0.4, -0.2) is 27.5 Å². The first-order valence-corrected chi connectivity index (χ1v) is 11.4. The molecular weight excluding hydrogens is 373 g/mol. The van der Waals surface area contributed by atoms with Crippen LogP contribution in [-0.2, 0) is 12.2 Å². The van der Waals surface area contributed by atoms with Gasteiger partial charge in [0, 0.05) is 25.2 Å². The molecule has 0 aliphatic heterocycles. The second-order valence-electron chi connectivity index (χ2n) is 9.14. The van der Waals surface area contributed by atoms with Gasteiger partial charge in [-0.05, 0) is 58.1 Å². The third-order valence-electron chi connectivity index (χ3n) is 5.70. The van der Waals surface area contributed by atoms with Crippen LogP contribution in [0.2, 0.25) is 0 Å². The van der Waals surface area contributed by atoms with Gasteiger partial charge in [-0.3, -0.25) is 0 Å². The van der Waals surface area contributed by atoms with Crippen molar-refractivity contribution in [2.75, 3.05) is 13.1 Å². The topological polar surface area (TPSA) is 21.1 Å². The minimum atomic E-state index is -1.38. The fourth-order valence-corrected chi connectivity index (χ4v) is 3.77. The van der Waals surface area contributed by atoms with Crippen molar-refractivity contribution >= 4 is 5.70 Å². The van der Waals surface area contributed by atoms with Gasteiger partial charge in [0.15, 0.2) is 0 Å². The lowest BCUT2D eigenvalue weighted by molar-refractivity contribution is 0.221. The molecule has 1 aromatic carbocycles. The average molecular weight is 414 g/mol. The van der Waals surface area contributed by atoms with Gasteiger partial charge in [-0.2, -0.15) is 0 Å². The lowest BCUT2D eigenvalue weighted by Gasteiger charge is -2.27. The van der Waals surface area contributed by atoms with Crippen LogP contribution in [0.25, 0.3) is 17.1 Å². The third-order valence-corrected chi connectivity index (χ3v) is 5.70. The molecule has 0 bridgehead atoms. The number of aryl methyl sites for hydroxylation is 1. The van der Waals surface area contributed by atoms with E-state index in [1.165, 1.54) is 0 Å². The molecule has 2 aromatic rings. The van der Waals surface area contributed by atoms with E-state index in [0.717, 1.165) is 67.4 Å². The summed E-state index contributed by atoms with van der Waals surface area (Å²) in [7, 11) is 0. The summed E-state index contributed by atoms with van der Waals surface area (Å²) in [5, 5.41) is 0. The standard InChI is InChI=1S/C26H40FN3/c1-9-11-16-29(10-2)21(6)24-20(5)28-25(30(24)17-15-19(3)4)22-13-12-14-23(18-22)26(7,8)27/h12-14,18-19H,6,9-11,15-17H2,1-5,7-8H3. The van der Waals surface area contributed by atoms with Gasteiger partial charge in [0.05, 0.1) is 17.1 Å². The lowest BCUT2D eigenvalue weighted by Crippen LogP contribution is -2.24. The Bertz CT molecular complexity index is 842. The molecule has 0 atom stereocenters. The van der Waals surface area contributed by atoms with Crippen LogP contribution >= 0.6 is 0 Å². The second kappa shape index (κ2) is 10.3. The maximum absolute atomic E-state index is 14.6. The maximum Gasteiger partial charge on any atom is 0.140 e. The van der Waals surface area contributed by atoms with Crippen molar-refractivity contribution in [3.63, 3.8) is 0 Å². The molecule has 166 valence electrons. The Kier molecular flexibility index (Phi) is 8.28. The van der Waals surface area contributed by atoms with Crippen LogP contribution in [0.4, 0.5) is 4.39 Å². The molecule has 0 aliphatic rings. The predicted octanol–water partition coefficient (Wildman–Crippen LogP) is 7.20. The van der Waals surface area contributed by atoms with Crippen LogP contribution < -0.4 is 0 Å². The van der Waals surface area contributed by atoms with Crippen LogP contribution in [0, 0.1) is 12.8 Å². The van der Waals surface area contributed by atoms with Gasteiger partial charge >= 0.3 is 0 Å². The van der Waals surface area contributed by atoms with E-state index in [1.807, 2.05) is 24.3 Å². The average Bonchev–Trinajstić information content (AvgIpc) is 3.02. The number of alkyl halides is 1. The molecular formula is C26H40FN3. The molecule has 0 spiro atoms. The Hall–Kier alpha value is -2.10. The molecule has 0 aliphatic carbocycles. The number of benzene rings is 1. The number of unbranched alkanes of at least 4 members (excludes halogenated alkanes) is 1. The van der Waals surface area contributed by atoms with Crippen molar-refractivity contribution in [2.24, 2.45) is 5.92 Å². The first-order valence-electron chi connectivity index (χ1n) is 11.4. The number of halogens is 1. The van der Waals surface area contributed by atoms with E-state index in [9.17, 15) is 4.39 Å². The highest BCUT2D eigenvalue weighted by atomic mass is 19.1. The summed E-state index contributed by atoms with van der Waals surface area (Å²) >= 11 is 0. The number of aromatic nitrogens is 2.